The summed E-state index contributed by atoms with van der Waals surface area (Å²) in [6, 6.07) is 8.84. The van der Waals surface area contributed by atoms with Crippen molar-refractivity contribution in [3.05, 3.63) is 35.9 Å². The van der Waals surface area contributed by atoms with Crippen molar-refractivity contribution in [3.63, 3.8) is 0 Å². The first kappa shape index (κ1) is 14.0. The Morgan fingerprint density at radius 2 is 2.05 bits per heavy atom. The molecule has 2 rings (SSSR count). The molecule has 0 aromatic heterocycles. The molecule has 19 heavy (non-hydrogen) atoms. The van der Waals surface area contributed by atoms with E-state index in [2.05, 4.69) is 5.32 Å². The summed E-state index contributed by atoms with van der Waals surface area (Å²) in [6.07, 6.45) is 0.559. The molecule has 6 heteroatoms. The molecule has 1 heterocycles. The van der Waals surface area contributed by atoms with E-state index < -0.39 is 21.7 Å². The molecule has 0 aliphatic carbocycles. The first-order chi connectivity index (χ1) is 8.98. The quantitative estimate of drug-likeness (QED) is 0.828. The zero-order valence-corrected chi connectivity index (χ0v) is 11.3. The fraction of sp³-hybridized carbons (Fsp3) is 0.462. The van der Waals surface area contributed by atoms with E-state index in [-0.39, 0.29) is 24.1 Å². The molecule has 0 saturated carbocycles. The third-order valence-electron chi connectivity index (χ3n) is 3.34. The van der Waals surface area contributed by atoms with Gasteiger partial charge >= 0.3 is 5.97 Å². The highest BCUT2D eigenvalue weighted by atomic mass is 32.2. The number of hydrogen-bond acceptors (Lipinski definition) is 4. The fourth-order valence-corrected chi connectivity index (χ4v) is 3.98. The predicted molar refractivity (Wildman–Crippen MR) is 71.9 cm³/mol. The minimum absolute atomic E-state index is 0.105. The maximum absolute atomic E-state index is 11.3. The van der Waals surface area contributed by atoms with Crippen molar-refractivity contribution in [1.29, 1.82) is 0 Å². The molecular formula is C13H17NO4S. The van der Waals surface area contributed by atoms with Crippen molar-refractivity contribution in [1.82, 2.24) is 5.32 Å². The molecule has 2 N–H and O–H groups in total. The summed E-state index contributed by atoms with van der Waals surface area (Å²) in [4.78, 5) is 11.3. The molecule has 1 aliphatic heterocycles. The second kappa shape index (κ2) is 5.71. The number of aliphatic carboxylic acids is 1. The lowest BCUT2D eigenvalue weighted by atomic mass is 9.99. The Hall–Kier alpha value is -1.40. The molecule has 1 aromatic carbocycles. The second-order valence-corrected chi connectivity index (χ2v) is 7.04. The zero-order chi connectivity index (χ0) is 13.9. The molecule has 2 unspecified atom stereocenters. The van der Waals surface area contributed by atoms with Gasteiger partial charge in [0.15, 0.2) is 9.84 Å². The normalized spacial score (nSPS) is 23.1. The number of rotatable bonds is 5. The third-order valence-corrected chi connectivity index (χ3v) is 5.11. The van der Waals surface area contributed by atoms with E-state index in [9.17, 15) is 18.3 Å². The van der Waals surface area contributed by atoms with E-state index in [0.717, 1.165) is 5.56 Å². The van der Waals surface area contributed by atoms with Gasteiger partial charge in [0.05, 0.1) is 17.4 Å². The lowest BCUT2D eigenvalue weighted by Crippen LogP contribution is -2.35. The summed E-state index contributed by atoms with van der Waals surface area (Å²) in [5.41, 5.74) is 0.725. The molecule has 1 aliphatic rings. The van der Waals surface area contributed by atoms with Gasteiger partial charge in [0.25, 0.3) is 0 Å². The molecular weight excluding hydrogens is 266 g/mol. The first-order valence-corrected chi connectivity index (χ1v) is 8.01. The van der Waals surface area contributed by atoms with Crippen molar-refractivity contribution < 1.29 is 18.3 Å². The third kappa shape index (κ3) is 3.78. The minimum atomic E-state index is -2.94. The van der Waals surface area contributed by atoms with Gasteiger partial charge in [-0.1, -0.05) is 30.3 Å². The number of nitrogens with one attached hydrogen (secondary N) is 1. The smallest absolute Gasteiger partial charge is 0.312 e. The lowest BCUT2D eigenvalue weighted by molar-refractivity contribution is -0.138. The summed E-state index contributed by atoms with van der Waals surface area (Å²) in [7, 11) is -2.94. The summed E-state index contributed by atoms with van der Waals surface area (Å²) < 4.78 is 22.7. The minimum Gasteiger partial charge on any atom is -0.481 e. The van der Waals surface area contributed by atoms with Crippen LogP contribution in [0.25, 0.3) is 0 Å². The van der Waals surface area contributed by atoms with Crippen LogP contribution in [0.3, 0.4) is 0 Å². The monoisotopic (exact) mass is 283 g/mol. The zero-order valence-electron chi connectivity index (χ0n) is 10.5. The highest BCUT2D eigenvalue weighted by Crippen LogP contribution is 2.17. The van der Waals surface area contributed by atoms with E-state index in [1.54, 1.807) is 24.3 Å². The van der Waals surface area contributed by atoms with Crippen LogP contribution in [0.1, 0.15) is 17.9 Å². The number of carboxylic acid groups (broad SMARTS) is 1. The van der Waals surface area contributed by atoms with Crippen molar-refractivity contribution in [2.45, 2.75) is 18.4 Å². The van der Waals surface area contributed by atoms with Gasteiger partial charge in [0.2, 0.25) is 0 Å². The first-order valence-electron chi connectivity index (χ1n) is 6.19. The second-order valence-electron chi connectivity index (χ2n) is 4.81. The molecule has 104 valence electrons. The molecule has 0 radical (unpaired) electrons. The number of carboxylic acids is 1. The molecule has 0 amide bonds. The van der Waals surface area contributed by atoms with Gasteiger partial charge in [0.1, 0.15) is 0 Å². The Labute approximate surface area is 112 Å². The predicted octanol–water partition coefficient (Wildman–Crippen LogP) is 0.632. The SMILES string of the molecule is O=C(O)C(CNC1CCS(=O)(=O)C1)c1ccccc1. The molecule has 1 saturated heterocycles. The van der Waals surface area contributed by atoms with Crippen LogP contribution < -0.4 is 5.32 Å². The van der Waals surface area contributed by atoms with Crippen LogP contribution in [0.4, 0.5) is 0 Å². The van der Waals surface area contributed by atoms with Crippen molar-refractivity contribution in [2.24, 2.45) is 0 Å². The van der Waals surface area contributed by atoms with Gasteiger partial charge in [-0.2, -0.15) is 0 Å². The Morgan fingerprint density at radius 1 is 1.37 bits per heavy atom. The molecule has 1 fully saturated rings. The van der Waals surface area contributed by atoms with E-state index in [1.165, 1.54) is 0 Å². The number of sulfone groups is 1. The molecule has 0 spiro atoms. The van der Waals surface area contributed by atoms with Crippen LogP contribution in [-0.2, 0) is 14.6 Å². The van der Waals surface area contributed by atoms with Gasteiger partial charge in [-0.25, -0.2) is 8.42 Å². The van der Waals surface area contributed by atoms with E-state index in [1.807, 2.05) is 6.07 Å². The topological polar surface area (TPSA) is 83.5 Å². The Morgan fingerprint density at radius 3 is 2.58 bits per heavy atom. The largest absolute Gasteiger partial charge is 0.481 e. The summed E-state index contributed by atoms with van der Waals surface area (Å²) in [5, 5.41) is 12.3. The summed E-state index contributed by atoms with van der Waals surface area (Å²) >= 11 is 0. The van der Waals surface area contributed by atoms with Gasteiger partial charge in [0, 0.05) is 12.6 Å². The van der Waals surface area contributed by atoms with Crippen LogP contribution in [0, 0.1) is 0 Å². The Balaban J connectivity index is 1.98. The standard InChI is InChI=1S/C13H17NO4S/c15-13(16)12(10-4-2-1-3-5-10)8-14-11-6-7-19(17,18)9-11/h1-5,11-12,14H,6-9H2,(H,15,16). The molecule has 5 nitrogen and oxygen atoms in total. The number of carbonyl (C=O) groups is 1. The number of benzene rings is 1. The van der Waals surface area contributed by atoms with Gasteiger partial charge in [-0.15, -0.1) is 0 Å². The molecule has 1 aromatic rings. The number of hydrogen-bond donors (Lipinski definition) is 2. The van der Waals surface area contributed by atoms with Crippen molar-refractivity contribution >= 4 is 15.8 Å². The molecule has 0 bridgehead atoms. The van der Waals surface area contributed by atoms with Gasteiger partial charge in [-0.3, -0.25) is 4.79 Å². The van der Waals surface area contributed by atoms with Crippen LogP contribution in [0.2, 0.25) is 0 Å². The Bertz CT molecular complexity index is 541. The van der Waals surface area contributed by atoms with E-state index in [4.69, 9.17) is 0 Å². The average Bonchev–Trinajstić information content (AvgIpc) is 2.70. The van der Waals surface area contributed by atoms with E-state index in [0.29, 0.717) is 6.42 Å². The van der Waals surface area contributed by atoms with Gasteiger partial charge < -0.3 is 10.4 Å². The lowest BCUT2D eigenvalue weighted by Gasteiger charge is -2.16. The maximum Gasteiger partial charge on any atom is 0.312 e. The fourth-order valence-electron chi connectivity index (χ4n) is 2.27. The van der Waals surface area contributed by atoms with E-state index >= 15 is 0 Å². The maximum atomic E-state index is 11.3. The Kier molecular flexibility index (Phi) is 4.21. The average molecular weight is 283 g/mol. The summed E-state index contributed by atoms with van der Waals surface area (Å²) in [6.45, 7) is 0.250. The van der Waals surface area contributed by atoms with Crippen molar-refractivity contribution in [2.75, 3.05) is 18.1 Å². The van der Waals surface area contributed by atoms with Crippen LogP contribution in [-0.4, -0.2) is 43.6 Å². The van der Waals surface area contributed by atoms with Crippen molar-refractivity contribution in [3.8, 4) is 0 Å². The van der Waals surface area contributed by atoms with Crippen LogP contribution in [0.15, 0.2) is 30.3 Å². The van der Waals surface area contributed by atoms with Crippen LogP contribution in [0.5, 0.6) is 0 Å². The summed E-state index contributed by atoms with van der Waals surface area (Å²) in [5.74, 6) is -1.26. The van der Waals surface area contributed by atoms with Crippen LogP contribution >= 0.6 is 0 Å². The highest BCUT2D eigenvalue weighted by Gasteiger charge is 2.29. The van der Waals surface area contributed by atoms with Gasteiger partial charge in [-0.05, 0) is 12.0 Å². The highest BCUT2D eigenvalue weighted by molar-refractivity contribution is 7.91. The molecule has 2 atom stereocenters.